The van der Waals surface area contributed by atoms with E-state index in [0.717, 1.165) is 0 Å². The Hall–Kier alpha value is -1.12. The Morgan fingerprint density at radius 3 is 2.62 bits per heavy atom. The van der Waals surface area contributed by atoms with Crippen molar-refractivity contribution in [3.05, 3.63) is 23.6 Å². The quantitative estimate of drug-likeness (QED) is 0.667. The van der Waals surface area contributed by atoms with Crippen LogP contribution in [-0.2, 0) is 4.79 Å². The Labute approximate surface area is 78.5 Å². The minimum Gasteiger partial charge on any atom is -0.355 e. The fourth-order valence-corrected chi connectivity index (χ4v) is 0.970. The van der Waals surface area contributed by atoms with Gasteiger partial charge in [0.05, 0.1) is 5.57 Å². The van der Waals surface area contributed by atoms with Crippen molar-refractivity contribution in [2.75, 3.05) is 7.05 Å². The molecule has 1 aliphatic rings. The molecule has 0 saturated heterocycles. The molecule has 0 spiro atoms. The SMILES string of the molecule is CC.CNC(=O)C1=C(F)CCC=C1. The summed E-state index contributed by atoms with van der Waals surface area (Å²) in [7, 11) is 1.49. The molecule has 0 aromatic carbocycles. The fourth-order valence-electron chi connectivity index (χ4n) is 0.970. The second-order valence-electron chi connectivity index (χ2n) is 2.34. The van der Waals surface area contributed by atoms with E-state index in [-0.39, 0.29) is 17.3 Å². The van der Waals surface area contributed by atoms with Gasteiger partial charge in [0.15, 0.2) is 0 Å². The third kappa shape index (κ3) is 3.40. The van der Waals surface area contributed by atoms with E-state index in [1.807, 2.05) is 13.8 Å². The molecule has 0 aromatic heterocycles. The van der Waals surface area contributed by atoms with Crippen LogP contribution in [0.4, 0.5) is 4.39 Å². The van der Waals surface area contributed by atoms with Gasteiger partial charge in [0, 0.05) is 13.5 Å². The highest BCUT2D eigenvalue weighted by molar-refractivity contribution is 5.96. The van der Waals surface area contributed by atoms with Crippen LogP contribution in [0.2, 0.25) is 0 Å². The van der Waals surface area contributed by atoms with Gasteiger partial charge in [-0.05, 0) is 6.42 Å². The van der Waals surface area contributed by atoms with E-state index in [1.54, 1.807) is 6.08 Å². The maximum Gasteiger partial charge on any atom is 0.253 e. The molecule has 74 valence electrons. The first-order valence-electron chi connectivity index (χ1n) is 4.53. The second-order valence-corrected chi connectivity index (χ2v) is 2.34. The molecule has 0 bridgehead atoms. The summed E-state index contributed by atoms with van der Waals surface area (Å²) in [6, 6.07) is 0. The van der Waals surface area contributed by atoms with E-state index in [1.165, 1.54) is 13.1 Å². The molecule has 3 heteroatoms. The van der Waals surface area contributed by atoms with Gasteiger partial charge >= 0.3 is 0 Å². The molecule has 0 heterocycles. The highest BCUT2D eigenvalue weighted by atomic mass is 19.1. The number of hydrogen-bond acceptors (Lipinski definition) is 1. The van der Waals surface area contributed by atoms with Crippen LogP contribution in [0, 0.1) is 0 Å². The fraction of sp³-hybridized carbons (Fsp3) is 0.500. The number of amides is 1. The average molecular weight is 185 g/mol. The van der Waals surface area contributed by atoms with Gasteiger partial charge in [-0.2, -0.15) is 0 Å². The summed E-state index contributed by atoms with van der Waals surface area (Å²) in [4.78, 5) is 10.9. The Morgan fingerprint density at radius 2 is 2.15 bits per heavy atom. The number of nitrogens with one attached hydrogen (secondary N) is 1. The Kier molecular flexibility index (Phi) is 5.85. The van der Waals surface area contributed by atoms with E-state index in [0.29, 0.717) is 12.8 Å². The van der Waals surface area contributed by atoms with Crippen LogP contribution in [0.5, 0.6) is 0 Å². The van der Waals surface area contributed by atoms with E-state index >= 15 is 0 Å². The molecule has 1 rings (SSSR count). The predicted octanol–water partition coefficient (Wildman–Crippen LogP) is 2.33. The van der Waals surface area contributed by atoms with E-state index in [2.05, 4.69) is 5.32 Å². The summed E-state index contributed by atoms with van der Waals surface area (Å²) in [5.74, 6) is -0.662. The van der Waals surface area contributed by atoms with Gasteiger partial charge in [-0.1, -0.05) is 26.0 Å². The molecule has 0 radical (unpaired) electrons. The summed E-state index contributed by atoms with van der Waals surface area (Å²) in [5, 5.41) is 2.38. The van der Waals surface area contributed by atoms with Crippen molar-refractivity contribution in [2.24, 2.45) is 0 Å². The molecule has 2 nitrogen and oxygen atoms in total. The van der Waals surface area contributed by atoms with E-state index in [4.69, 9.17) is 0 Å². The molecule has 1 amide bonds. The zero-order valence-electron chi connectivity index (χ0n) is 8.36. The first kappa shape index (κ1) is 11.9. The highest BCUT2D eigenvalue weighted by Gasteiger charge is 2.13. The van der Waals surface area contributed by atoms with Gasteiger partial charge in [0.1, 0.15) is 5.83 Å². The molecule has 0 saturated carbocycles. The van der Waals surface area contributed by atoms with Gasteiger partial charge in [0.2, 0.25) is 0 Å². The topological polar surface area (TPSA) is 29.1 Å². The lowest BCUT2D eigenvalue weighted by molar-refractivity contribution is -0.116. The summed E-state index contributed by atoms with van der Waals surface area (Å²) in [5.41, 5.74) is 0.166. The molecule has 0 unspecified atom stereocenters. The van der Waals surface area contributed by atoms with Gasteiger partial charge in [-0.25, -0.2) is 4.39 Å². The maximum atomic E-state index is 12.9. The minimum atomic E-state index is -0.349. The third-order valence-corrected chi connectivity index (χ3v) is 1.58. The molecule has 1 N–H and O–H groups in total. The lowest BCUT2D eigenvalue weighted by Gasteiger charge is -2.06. The predicted molar refractivity (Wildman–Crippen MR) is 51.9 cm³/mol. The first-order chi connectivity index (χ1) is 6.25. The Balaban J connectivity index is 0.000000671. The van der Waals surface area contributed by atoms with Crippen LogP contribution in [0.15, 0.2) is 23.6 Å². The number of likely N-dealkylation sites (N-methyl/N-ethyl adjacent to an activating group) is 1. The zero-order valence-corrected chi connectivity index (χ0v) is 8.36. The van der Waals surface area contributed by atoms with Crippen LogP contribution in [0.1, 0.15) is 26.7 Å². The molecule has 0 aromatic rings. The first-order valence-corrected chi connectivity index (χ1v) is 4.53. The van der Waals surface area contributed by atoms with Crippen molar-refractivity contribution in [1.82, 2.24) is 5.32 Å². The molecule has 13 heavy (non-hydrogen) atoms. The van der Waals surface area contributed by atoms with Crippen LogP contribution < -0.4 is 5.32 Å². The third-order valence-electron chi connectivity index (χ3n) is 1.58. The van der Waals surface area contributed by atoms with Crippen molar-refractivity contribution in [3.8, 4) is 0 Å². The highest BCUT2D eigenvalue weighted by Crippen LogP contribution is 2.19. The molecule has 0 fully saturated rings. The monoisotopic (exact) mass is 185 g/mol. The number of carbonyl (C=O) groups excluding carboxylic acids is 1. The largest absolute Gasteiger partial charge is 0.355 e. The van der Waals surface area contributed by atoms with Gasteiger partial charge in [-0.15, -0.1) is 0 Å². The van der Waals surface area contributed by atoms with Crippen molar-refractivity contribution in [2.45, 2.75) is 26.7 Å². The van der Waals surface area contributed by atoms with Gasteiger partial charge in [0.25, 0.3) is 5.91 Å². The minimum absolute atomic E-state index is 0.166. The normalized spacial score (nSPS) is 14.8. The van der Waals surface area contributed by atoms with Crippen LogP contribution >= 0.6 is 0 Å². The van der Waals surface area contributed by atoms with Crippen LogP contribution in [0.3, 0.4) is 0 Å². The molecule has 1 aliphatic carbocycles. The smallest absolute Gasteiger partial charge is 0.253 e. The van der Waals surface area contributed by atoms with Gasteiger partial charge < -0.3 is 5.32 Å². The average Bonchev–Trinajstić information content (AvgIpc) is 2.20. The number of carbonyl (C=O) groups is 1. The van der Waals surface area contributed by atoms with Crippen molar-refractivity contribution in [1.29, 1.82) is 0 Å². The van der Waals surface area contributed by atoms with Crippen molar-refractivity contribution >= 4 is 5.91 Å². The summed E-state index contributed by atoms with van der Waals surface area (Å²) < 4.78 is 12.9. The number of halogens is 1. The summed E-state index contributed by atoms with van der Waals surface area (Å²) in [6.45, 7) is 4.00. The molecule has 0 atom stereocenters. The standard InChI is InChI=1S/C8H10FNO.C2H6/c1-10-8(11)6-4-2-3-5-7(6)9;1-2/h2,4H,3,5H2,1H3,(H,10,11);1-2H3. The molecule has 0 aliphatic heterocycles. The van der Waals surface area contributed by atoms with Gasteiger partial charge in [-0.3, -0.25) is 4.79 Å². The summed E-state index contributed by atoms with van der Waals surface area (Å²) in [6.07, 6.45) is 4.36. The number of allylic oxidation sites excluding steroid dienone is 2. The van der Waals surface area contributed by atoms with E-state index < -0.39 is 0 Å². The Bertz CT molecular complexity index is 231. The lowest BCUT2D eigenvalue weighted by Crippen LogP contribution is -2.20. The van der Waals surface area contributed by atoms with Crippen molar-refractivity contribution < 1.29 is 9.18 Å². The summed E-state index contributed by atoms with van der Waals surface area (Å²) >= 11 is 0. The molecular formula is C10H16FNO. The van der Waals surface area contributed by atoms with E-state index in [9.17, 15) is 9.18 Å². The Morgan fingerprint density at radius 1 is 1.54 bits per heavy atom. The van der Waals surface area contributed by atoms with Crippen LogP contribution in [-0.4, -0.2) is 13.0 Å². The molecular weight excluding hydrogens is 169 g/mol. The number of rotatable bonds is 1. The number of hydrogen-bond donors (Lipinski definition) is 1. The van der Waals surface area contributed by atoms with Crippen LogP contribution in [0.25, 0.3) is 0 Å². The van der Waals surface area contributed by atoms with Crippen molar-refractivity contribution in [3.63, 3.8) is 0 Å². The second kappa shape index (κ2) is 6.40. The lowest BCUT2D eigenvalue weighted by atomic mass is 10.1. The maximum absolute atomic E-state index is 12.9. The zero-order chi connectivity index (χ0) is 10.3.